The fraction of sp³-hybridized carbons (Fsp3) is 0.300. The highest BCUT2D eigenvalue weighted by Crippen LogP contribution is 2.36. The lowest BCUT2D eigenvalue weighted by atomic mass is 10.2. The molecule has 1 aromatic carbocycles. The van der Waals surface area contributed by atoms with Crippen molar-refractivity contribution in [1.29, 1.82) is 0 Å². The molecule has 0 bridgehead atoms. The molecule has 0 unspecified atom stereocenters. The zero-order chi connectivity index (χ0) is 9.97. The third-order valence-electron chi connectivity index (χ3n) is 2.08. The predicted molar refractivity (Wildman–Crippen MR) is 58.6 cm³/mol. The smallest absolute Gasteiger partial charge is 0.240 e. The van der Waals surface area contributed by atoms with Crippen LogP contribution in [-0.2, 0) is 4.79 Å². The van der Waals surface area contributed by atoms with Crippen molar-refractivity contribution in [3.8, 4) is 0 Å². The first-order chi connectivity index (χ1) is 6.81. The van der Waals surface area contributed by atoms with E-state index in [0.717, 1.165) is 10.2 Å². The van der Waals surface area contributed by atoms with Crippen LogP contribution < -0.4 is 5.32 Å². The fourth-order valence-corrected chi connectivity index (χ4v) is 1.69. The second-order valence-corrected chi connectivity index (χ2v) is 4.11. The first-order valence-electron chi connectivity index (χ1n) is 4.44. The summed E-state index contributed by atoms with van der Waals surface area (Å²) in [6.45, 7) is 0. The van der Waals surface area contributed by atoms with Gasteiger partial charge in [0.15, 0.2) is 0 Å². The molecule has 0 radical (unpaired) electrons. The SMILES string of the molecule is O=C=Nc1c(Br)cccc1NC1CC1. The fourth-order valence-electron chi connectivity index (χ4n) is 1.24. The van der Waals surface area contributed by atoms with Crippen LogP contribution in [0.25, 0.3) is 0 Å². The van der Waals surface area contributed by atoms with E-state index in [0.29, 0.717) is 11.7 Å². The van der Waals surface area contributed by atoms with Gasteiger partial charge in [-0.15, -0.1) is 0 Å². The van der Waals surface area contributed by atoms with E-state index in [4.69, 9.17) is 0 Å². The molecule has 3 nitrogen and oxygen atoms in total. The van der Waals surface area contributed by atoms with E-state index in [1.54, 1.807) is 6.08 Å². The minimum absolute atomic E-state index is 0.546. The Balaban J connectivity index is 2.34. The molecule has 0 spiro atoms. The number of carbonyl (C=O) groups excluding carboxylic acids is 1. The number of rotatable bonds is 3. The van der Waals surface area contributed by atoms with Gasteiger partial charge < -0.3 is 5.32 Å². The van der Waals surface area contributed by atoms with Gasteiger partial charge >= 0.3 is 0 Å². The molecule has 72 valence electrons. The molecular weight excluding hydrogens is 244 g/mol. The van der Waals surface area contributed by atoms with Crippen LogP contribution in [0.5, 0.6) is 0 Å². The van der Waals surface area contributed by atoms with Crippen LogP contribution in [0.2, 0.25) is 0 Å². The molecule has 0 heterocycles. The van der Waals surface area contributed by atoms with Gasteiger partial charge in [-0.3, -0.25) is 0 Å². The summed E-state index contributed by atoms with van der Waals surface area (Å²) >= 11 is 3.35. The van der Waals surface area contributed by atoms with Gasteiger partial charge in [-0.25, -0.2) is 4.79 Å². The van der Waals surface area contributed by atoms with Crippen molar-refractivity contribution >= 4 is 33.4 Å². The summed E-state index contributed by atoms with van der Waals surface area (Å²) in [4.78, 5) is 13.9. The molecular formula is C10H9BrN2O. The Hall–Kier alpha value is -1.12. The minimum Gasteiger partial charge on any atom is -0.381 e. The van der Waals surface area contributed by atoms with E-state index in [1.165, 1.54) is 12.8 Å². The number of para-hydroxylation sites is 1. The molecule has 4 heteroatoms. The highest BCUT2D eigenvalue weighted by atomic mass is 79.9. The maximum Gasteiger partial charge on any atom is 0.240 e. The van der Waals surface area contributed by atoms with Gasteiger partial charge in [-0.1, -0.05) is 6.07 Å². The zero-order valence-corrected chi connectivity index (χ0v) is 9.04. The molecule has 1 saturated carbocycles. The Morgan fingerprint density at radius 1 is 1.50 bits per heavy atom. The van der Waals surface area contributed by atoms with Crippen LogP contribution in [0.4, 0.5) is 11.4 Å². The molecule has 1 aliphatic rings. The average molecular weight is 253 g/mol. The van der Waals surface area contributed by atoms with E-state index in [9.17, 15) is 4.79 Å². The van der Waals surface area contributed by atoms with Crippen LogP contribution in [0.15, 0.2) is 27.7 Å². The second-order valence-electron chi connectivity index (χ2n) is 3.26. The number of anilines is 1. The number of aliphatic imine (C=N–C) groups is 1. The van der Waals surface area contributed by atoms with Crippen molar-refractivity contribution in [3.63, 3.8) is 0 Å². The van der Waals surface area contributed by atoms with Gasteiger partial charge in [-0.2, -0.15) is 4.99 Å². The molecule has 1 aromatic rings. The third-order valence-corrected chi connectivity index (χ3v) is 2.72. The van der Waals surface area contributed by atoms with E-state index < -0.39 is 0 Å². The lowest BCUT2D eigenvalue weighted by molar-refractivity contribution is 0.565. The normalized spacial score (nSPS) is 14.6. The first kappa shape index (κ1) is 9.44. The van der Waals surface area contributed by atoms with Crippen LogP contribution in [-0.4, -0.2) is 12.1 Å². The lowest BCUT2D eigenvalue weighted by Crippen LogP contribution is -2.00. The van der Waals surface area contributed by atoms with Crippen molar-refractivity contribution in [2.45, 2.75) is 18.9 Å². The average Bonchev–Trinajstić information content (AvgIpc) is 2.95. The molecule has 0 aromatic heterocycles. The van der Waals surface area contributed by atoms with Gasteiger partial charge in [0.2, 0.25) is 6.08 Å². The van der Waals surface area contributed by atoms with Crippen molar-refractivity contribution < 1.29 is 4.79 Å². The van der Waals surface area contributed by atoms with E-state index >= 15 is 0 Å². The van der Waals surface area contributed by atoms with Crippen molar-refractivity contribution in [2.24, 2.45) is 4.99 Å². The molecule has 1 fully saturated rings. The van der Waals surface area contributed by atoms with Crippen LogP contribution in [0.1, 0.15) is 12.8 Å². The van der Waals surface area contributed by atoms with Gasteiger partial charge in [0.05, 0.1) is 5.69 Å². The number of nitrogens with zero attached hydrogens (tertiary/aromatic N) is 1. The van der Waals surface area contributed by atoms with Crippen LogP contribution in [0, 0.1) is 0 Å². The molecule has 1 N–H and O–H groups in total. The lowest BCUT2D eigenvalue weighted by Gasteiger charge is -2.07. The second kappa shape index (κ2) is 3.95. The Morgan fingerprint density at radius 3 is 2.93 bits per heavy atom. The third kappa shape index (κ3) is 2.03. The van der Waals surface area contributed by atoms with Crippen molar-refractivity contribution in [2.75, 3.05) is 5.32 Å². The van der Waals surface area contributed by atoms with Gasteiger partial charge in [0.1, 0.15) is 5.69 Å². The summed E-state index contributed by atoms with van der Waals surface area (Å²) in [6, 6.07) is 6.23. The Bertz CT molecular complexity index is 395. The summed E-state index contributed by atoms with van der Waals surface area (Å²) in [5.74, 6) is 0. The Morgan fingerprint density at radius 2 is 2.29 bits per heavy atom. The molecule has 0 saturated heterocycles. The number of benzene rings is 1. The summed E-state index contributed by atoms with van der Waals surface area (Å²) in [7, 11) is 0. The number of hydrogen-bond donors (Lipinski definition) is 1. The Labute approximate surface area is 90.4 Å². The van der Waals surface area contributed by atoms with E-state index in [1.807, 2.05) is 18.2 Å². The van der Waals surface area contributed by atoms with Gasteiger partial charge in [0.25, 0.3) is 0 Å². The summed E-state index contributed by atoms with van der Waals surface area (Å²) < 4.78 is 0.812. The quantitative estimate of drug-likeness (QED) is 0.664. The molecule has 14 heavy (non-hydrogen) atoms. The highest BCUT2D eigenvalue weighted by Gasteiger charge is 2.22. The first-order valence-corrected chi connectivity index (χ1v) is 5.23. The standard InChI is InChI=1S/C10H9BrN2O/c11-8-2-1-3-9(10(8)12-6-14)13-7-4-5-7/h1-3,7,13H,4-5H2. The van der Waals surface area contributed by atoms with Crippen molar-refractivity contribution in [1.82, 2.24) is 0 Å². The number of halogens is 1. The highest BCUT2D eigenvalue weighted by molar-refractivity contribution is 9.10. The summed E-state index contributed by atoms with van der Waals surface area (Å²) in [5, 5.41) is 3.31. The monoisotopic (exact) mass is 252 g/mol. The predicted octanol–water partition coefficient (Wildman–Crippen LogP) is 2.99. The molecule has 2 rings (SSSR count). The maximum absolute atomic E-state index is 10.2. The van der Waals surface area contributed by atoms with Gasteiger partial charge in [0, 0.05) is 10.5 Å². The number of isocyanates is 1. The topological polar surface area (TPSA) is 41.5 Å². The van der Waals surface area contributed by atoms with Crippen LogP contribution in [0.3, 0.4) is 0 Å². The molecule has 0 atom stereocenters. The van der Waals surface area contributed by atoms with Crippen LogP contribution >= 0.6 is 15.9 Å². The molecule has 0 aliphatic heterocycles. The number of nitrogens with one attached hydrogen (secondary N) is 1. The van der Waals surface area contributed by atoms with Crippen molar-refractivity contribution in [3.05, 3.63) is 22.7 Å². The molecule has 0 amide bonds. The largest absolute Gasteiger partial charge is 0.381 e. The number of hydrogen-bond acceptors (Lipinski definition) is 3. The zero-order valence-electron chi connectivity index (χ0n) is 7.46. The molecule has 1 aliphatic carbocycles. The van der Waals surface area contributed by atoms with E-state index in [2.05, 4.69) is 26.2 Å². The summed E-state index contributed by atoms with van der Waals surface area (Å²) in [5.41, 5.74) is 1.53. The summed E-state index contributed by atoms with van der Waals surface area (Å²) in [6.07, 6.45) is 3.95. The minimum atomic E-state index is 0.546. The van der Waals surface area contributed by atoms with Gasteiger partial charge in [-0.05, 0) is 40.9 Å². The maximum atomic E-state index is 10.2. The van der Waals surface area contributed by atoms with E-state index in [-0.39, 0.29) is 0 Å². The Kier molecular flexibility index (Phi) is 2.66.